The molecule has 0 aliphatic heterocycles. The van der Waals surface area contributed by atoms with Gasteiger partial charge in [0.1, 0.15) is 0 Å². The highest BCUT2D eigenvalue weighted by molar-refractivity contribution is 5.81. The van der Waals surface area contributed by atoms with E-state index < -0.39 is 0 Å². The van der Waals surface area contributed by atoms with E-state index >= 15 is 0 Å². The highest BCUT2D eigenvalue weighted by Gasteiger charge is 2.15. The predicted molar refractivity (Wildman–Crippen MR) is 118 cm³/mol. The minimum absolute atomic E-state index is 0.270. The van der Waals surface area contributed by atoms with E-state index in [1.54, 1.807) is 6.33 Å². The molecule has 0 spiro atoms. The van der Waals surface area contributed by atoms with Gasteiger partial charge in [0.05, 0.1) is 35.1 Å². The van der Waals surface area contributed by atoms with Crippen molar-refractivity contribution >= 4 is 17.0 Å². The molecule has 0 amide bonds. The fourth-order valence-corrected chi connectivity index (χ4v) is 3.79. The van der Waals surface area contributed by atoms with E-state index in [9.17, 15) is 0 Å². The molecule has 0 fully saturated rings. The van der Waals surface area contributed by atoms with Crippen LogP contribution in [0.1, 0.15) is 12.0 Å². The molecule has 5 aromatic rings. The first kappa shape index (κ1) is 18.1. The Morgan fingerprint density at radius 1 is 0.933 bits per heavy atom. The van der Waals surface area contributed by atoms with Crippen molar-refractivity contribution in [2.24, 2.45) is 0 Å². The molecule has 3 heterocycles. The normalized spacial score (nSPS) is 11.2. The summed E-state index contributed by atoms with van der Waals surface area (Å²) < 4.78 is 2.19. The smallest absolute Gasteiger partial charge is 0.220 e. The number of aromatic nitrogens is 6. The molecular weight excluding hydrogens is 374 g/mol. The van der Waals surface area contributed by atoms with Gasteiger partial charge in [-0.2, -0.15) is 0 Å². The summed E-state index contributed by atoms with van der Waals surface area (Å²) in [4.78, 5) is 20.7. The Morgan fingerprint density at radius 2 is 1.77 bits per heavy atom. The van der Waals surface area contributed by atoms with Gasteiger partial charge < -0.3 is 15.3 Å². The van der Waals surface area contributed by atoms with Gasteiger partial charge in [-0.3, -0.25) is 0 Å². The van der Waals surface area contributed by atoms with Gasteiger partial charge in [0.15, 0.2) is 0 Å². The van der Waals surface area contributed by atoms with E-state index in [4.69, 9.17) is 5.73 Å². The number of rotatable bonds is 6. The Labute approximate surface area is 173 Å². The third-order valence-electron chi connectivity index (χ3n) is 5.21. The highest BCUT2D eigenvalue weighted by Crippen LogP contribution is 2.32. The van der Waals surface area contributed by atoms with Crippen molar-refractivity contribution in [2.45, 2.75) is 19.4 Å². The number of benzene rings is 2. The van der Waals surface area contributed by atoms with Gasteiger partial charge in [0.2, 0.25) is 5.95 Å². The number of nitrogens with two attached hydrogens (primary N) is 1. The van der Waals surface area contributed by atoms with Crippen molar-refractivity contribution < 1.29 is 0 Å². The number of nitrogen functional groups attached to an aromatic ring is 1. The second-order valence-electron chi connectivity index (χ2n) is 7.13. The number of fused-ring (bicyclic) bond motifs is 1. The van der Waals surface area contributed by atoms with E-state index in [1.807, 2.05) is 55.1 Å². The van der Waals surface area contributed by atoms with Gasteiger partial charge in [-0.15, -0.1) is 0 Å². The summed E-state index contributed by atoms with van der Waals surface area (Å²) in [6.07, 6.45) is 9.06. The van der Waals surface area contributed by atoms with E-state index in [0.717, 1.165) is 58.5 Å². The number of nitrogens with zero attached hydrogens (tertiary/aromatic N) is 5. The molecule has 0 saturated carbocycles. The standard InChI is InChI=1S/C23H21N7/c24-23-26-12-16(6-5-11-30-15-28-19-9-3-4-10-21(19)30)22(29-23)18-8-2-1-7-17(18)20-13-25-14-27-20/h1-4,7-10,12-15H,5-6,11H2,(H,25,27)(H2,24,26,29). The lowest BCUT2D eigenvalue weighted by Crippen LogP contribution is -2.04. The first-order valence-electron chi connectivity index (χ1n) is 9.89. The number of para-hydroxylation sites is 2. The molecule has 5 rings (SSSR count). The van der Waals surface area contributed by atoms with Crippen molar-refractivity contribution in [3.8, 4) is 22.5 Å². The monoisotopic (exact) mass is 395 g/mol. The van der Waals surface area contributed by atoms with Crippen LogP contribution in [0.5, 0.6) is 0 Å². The van der Waals surface area contributed by atoms with Crippen LogP contribution in [-0.2, 0) is 13.0 Å². The first-order chi connectivity index (χ1) is 14.8. The molecule has 0 saturated heterocycles. The van der Waals surface area contributed by atoms with E-state index in [1.165, 1.54) is 0 Å². The maximum absolute atomic E-state index is 5.95. The lowest BCUT2D eigenvalue weighted by Gasteiger charge is -2.13. The molecule has 0 radical (unpaired) electrons. The predicted octanol–water partition coefficient (Wildman–Crippen LogP) is 4.10. The number of aromatic amines is 1. The fraction of sp³-hybridized carbons (Fsp3) is 0.130. The van der Waals surface area contributed by atoms with Crippen molar-refractivity contribution in [2.75, 3.05) is 5.73 Å². The number of H-pyrrole nitrogens is 1. The van der Waals surface area contributed by atoms with Gasteiger partial charge >= 0.3 is 0 Å². The molecule has 7 heteroatoms. The minimum Gasteiger partial charge on any atom is -0.368 e. The number of hydrogen-bond donors (Lipinski definition) is 2. The SMILES string of the molecule is Nc1ncc(CCCn2cnc3ccccc32)c(-c2ccccc2-c2c[nH]cn2)n1. The summed E-state index contributed by atoms with van der Waals surface area (Å²) in [5.74, 6) is 0.270. The highest BCUT2D eigenvalue weighted by atomic mass is 15.0. The summed E-state index contributed by atoms with van der Waals surface area (Å²) in [6.45, 7) is 0.866. The molecule has 3 aromatic heterocycles. The van der Waals surface area contributed by atoms with Crippen LogP contribution in [0.2, 0.25) is 0 Å². The van der Waals surface area contributed by atoms with Crippen molar-refractivity contribution in [3.63, 3.8) is 0 Å². The van der Waals surface area contributed by atoms with Crippen LogP contribution in [-0.4, -0.2) is 29.5 Å². The summed E-state index contributed by atoms with van der Waals surface area (Å²) >= 11 is 0. The zero-order valence-corrected chi connectivity index (χ0v) is 16.4. The Bertz CT molecular complexity index is 1290. The second-order valence-corrected chi connectivity index (χ2v) is 7.13. The maximum Gasteiger partial charge on any atom is 0.220 e. The molecular formula is C23H21N7. The molecule has 0 aliphatic carbocycles. The van der Waals surface area contributed by atoms with Crippen LogP contribution in [0.25, 0.3) is 33.5 Å². The number of nitrogens with one attached hydrogen (secondary N) is 1. The molecule has 3 N–H and O–H groups in total. The van der Waals surface area contributed by atoms with Crippen LogP contribution >= 0.6 is 0 Å². The van der Waals surface area contributed by atoms with Crippen LogP contribution < -0.4 is 5.73 Å². The lowest BCUT2D eigenvalue weighted by atomic mass is 9.97. The minimum atomic E-state index is 0.270. The van der Waals surface area contributed by atoms with Gasteiger partial charge in [-0.05, 0) is 30.5 Å². The van der Waals surface area contributed by atoms with Gasteiger partial charge in [-0.1, -0.05) is 36.4 Å². The average molecular weight is 395 g/mol. The van der Waals surface area contributed by atoms with Gasteiger partial charge in [0.25, 0.3) is 0 Å². The van der Waals surface area contributed by atoms with Crippen molar-refractivity contribution in [1.29, 1.82) is 0 Å². The van der Waals surface area contributed by atoms with Crippen molar-refractivity contribution in [3.05, 3.63) is 79.1 Å². The zero-order valence-electron chi connectivity index (χ0n) is 16.4. The van der Waals surface area contributed by atoms with E-state index in [0.29, 0.717) is 0 Å². The largest absolute Gasteiger partial charge is 0.368 e. The van der Waals surface area contributed by atoms with Gasteiger partial charge in [-0.25, -0.2) is 19.9 Å². The molecule has 0 bridgehead atoms. The third kappa shape index (κ3) is 3.41. The molecule has 148 valence electrons. The molecule has 0 unspecified atom stereocenters. The first-order valence-corrected chi connectivity index (χ1v) is 9.89. The van der Waals surface area contributed by atoms with Crippen LogP contribution in [0.3, 0.4) is 0 Å². The summed E-state index contributed by atoms with van der Waals surface area (Å²) in [5, 5.41) is 0. The number of hydrogen-bond acceptors (Lipinski definition) is 5. The quantitative estimate of drug-likeness (QED) is 0.451. The number of anilines is 1. The van der Waals surface area contributed by atoms with Crippen molar-refractivity contribution in [1.82, 2.24) is 29.5 Å². The van der Waals surface area contributed by atoms with Gasteiger partial charge in [0, 0.05) is 30.1 Å². The van der Waals surface area contributed by atoms with E-state index in [-0.39, 0.29) is 5.95 Å². The fourth-order valence-electron chi connectivity index (χ4n) is 3.79. The Kier molecular flexibility index (Phi) is 4.69. The number of imidazole rings is 2. The Balaban J connectivity index is 1.44. The second kappa shape index (κ2) is 7.79. The average Bonchev–Trinajstić information content (AvgIpc) is 3.45. The third-order valence-corrected chi connectivity index (χ3v) is 5.21. The zero-order chi connectivity index (χ0) is 20.3. The molecule has 0 atom stereocenters. The maximum atomic E-state index is 5.95. The lowest BCUT2D eigenvalue weighted by molar-refractivity contribution is 0.656. The topological polar surface area (TPSA) is 98.3 Å². The summed E-state index contributed by atoms with van der Waals surface area (Å²) in [7, 11) is 0. The molecule has 30 heavy (non-hydrogen) atoms. The molecule has 7 nitrogen and oxygen atoms in total. The molecule has 2 aromatic carbocycles. The Hall–Kier alpha value is -4.00. The van der Waals surface area contributed by atoms with Crippen LogP contribution in [0.15, 0.2) is 73.6 Å². The summed E-state index contributed by atoms with van der Waals surface area (Å²) in [5.41, 5.74) is 12.9. The summed E-state index contributed by atoms with van der Waals surface area (Å²) in [6, 6.07) is 16.3. The Morgan fingerprint density at radius 3 is 2.63 bits per heavy atom. The van der Waals surface area contributed by atoms with E-state index in [2.05, 4.69) is 41.6 Å². The molecule has 0 aliphatic rings. The van der Waals surface area contributed by atoms with Crippen LogP contribution in [0.4, 0.5) is 5.95 Å². The number of aryl methyl sites for hydroxylation is 2. The van der Waals surface area contributed by atoms with Crippen LogP contribution in [0, 0.1) is 0 Å².